The summed E-state index contributed by atoms with van der Waals surface area (Å²) in [5, 5.41) is 1.13. The predicted molar refractivity (Wildman–Crippen MR) is 69.6 cm³/mol. The first-order valence-electron chi connectivity index (χ1n) is 6.36. The topological polar surface area (TPSA) is 31.4 Å². The van der Waals surface area contributed by atoms with E-state index in [0.717, 1.165) is 37.7 Å². The Hall–Kier alpha value is -0.450. The fourth-order valence-corrected chi connectivity index (χ4v) is 3.28. The first-order chi connectivity index (χ1) is 8.18. The predicted octanol–water partition coefficient (Wildman–Crippen LogP) is 3.31. The van der Waals surface area contributed by atoms with E-state index in [2.05, 4.69) is 18.8 Å². The molecule has 1 aliphatic rings. The monoisotopic (exact) mass is 255 g/mol. The third-order valence-electron chi connectivity index (χ3n) is 3.20. The molecule has 0 bridgehead atoms. The molecule has 0 aliphatic carbocycles. The third kappa shape index (κ3) is 2.69. The van der Waals surface area contributed by atoms with E-state index >= 15 is 0 Å². The summed E-state index contributed by atoms with van der Waals surface area (Å²) in [5.41, 5.74) is -0.190. The molecular weight excluding hydrogens is 234 g/mol. The van der Waals surface area contributed by atoms with Gasteiger partial charge in [-0.2, -0.15) is 0 Å². The zero-order valence-corrected chi connectivity index (χ0v) is 11.7. The van der Waals surface area contributed by atoms with Crippen molar-refractivity contribution in [3.05, 3.63) is 16.1 Å². The van der Waals surface area contributed by atoms with Gasteiger partial charge in [0.25, 0.3) is 0 Å². The lowest BCUT2D eigenvalue weighted by Crippen LogP contribution is -2.36. The van der Waals surface area contributed by atoms with Crippen LogP contribution in [0.15, 0.2) is 6.20 Å². The normalized spacial score (nSPS) is 19.8. The van der Waals surface area contributed by atoms with E-state index in [1.54, 1.807) is 11.3 Å². The lowest BCUT2D eigenvalue weighted by atomic mass is 9.95. The van der Waals surface area contributed by atoms with Gasteiger partial charge >= 0.3 is 0 Å². The molecule has 0 radical (unpaired) electrons. The van der Waals surface area contributed by atoms with Crippen molar-refractivity contribution in [2.75, 3.05) is 19.8 Å². The first-order valence-corrected chi connectivity index (χ1v) is 7.17. The van der Waals surface area contributed by atoms with Crippen LogP contribution in [-0.2, 0) is 15.1 Å². The van der Waals surface area contributed by atoms with Gasteiger partial charge in [-0.25, -0.2) is 4.98 Å². The van der Waals surface area contributed by atoms with Crippen LogP contribution in [0.25, 0.3) is 0 Å². The molecule has 96 valence electrons. The molecule has 2 rings (SSSR count). The molecule has 0 aromatic carbocycles. The van der Waals surface area contributed by atoms with E-state index < -0.39 is 0 Å². The number of aromatic nitrogens is 1. The van der Waals surface area contributed by atoms with Crippen molar-refractivity contribution >= 4 is 11.3 Å². The van der Waals surface area contributed by atoms with Crippen LogP contribution in [0.4, 0.5) is 0 Å². The molecule has 17 heavy (non-hydrogen) atoms. The molecule has 3 nitrogen and oxygen atoms in total. The van der Waals surface area contributed by atoms with E-state index in [-0.39, 0.29) is 5.60 Å². The molecular formula is C13H21NO2S. The van der Waals surface area contributed by atoms with Crippen molar-refractivity contribution in [3.63, 3.8) is 0 Å². The minimum absolute atomic E-state index is 0.190. The van der Waals surface area contributed by atoms with Crippen LogP contribution in [0.1, 0.15) is 49.4 Å². The highest BCUT2D eigenvalue weighted by Gasteiger charge is 2.38. The quantitative estimate of drug-likeness (QED) is 0.827. The molecule has 1 aromatic heterocycles. The van der Waals surface area contributed by atoms with Crippen LogP contribution in [0, 0.1) is 0 Å². The number of hydrogen-bond acceptors (Lipinski definition) is 4. The third-order valence-corrected chi connectivity index (χ3v) is 4.69. The Kier molecular flexibility index (Phi) is 4.17. The summed E-state index contributed by atoms with van der Waals surface area (Å²) in [6.45, 7) is 8.74. The standard InChI is InChI=1S/C13H21NO2S/c1-4-16-13(5-7-15-8-6-13)12-14-9-11(17-12)10(2)3/h9-10H,4-8H2,1-3H3. The maximum absolute atomic E-state index is 6.02. The van der Waals surface area contributed by atoms with E-state index in [0.29, 0.717) is 5.92 Å². The maximum Gasteiger partial charge on any atom is 0.125 e. The van der Waals surface area contributed by atoms with E-state index in [4.69, 9.17) is 9.47 Å². The van der Waals surface area contributed by atoms with Gasteiger partial charge in [-0.15, -0.1) is 11.3 Å². The van der Waals surface area contributed by atoms with E-state index in [1.165, 1.54) is 4.88 Å². The Labute approximate surface area is 107 Å². The van der Waals surface area contributed by atoms with Gasteiger partial charge in [-0.1, -0.05) is 13.8 Å². The molecule has 1 aliphatic heterocycles. The molecule has 2 heterocycles. The van der Waals surface area contributed by atoms with Crippen molar-refractivity contribution in [1.29, 1.82) is 0 Å². The lowest BCUT2D eigenvalue weighted by molar-refractivity contribution is -0.112. The fraction of sp³-hybridized carbons (Fsp3) is 0.769. The number of thiazole rings is 1. The average Bonchev–Trinajstić information content (AvgIpc) is 2.80. The average molecular weight is 255 g/mol. The zero-order chi connectivity index (χ0) is 12.3. The molecule has 0 amide bonds. The van der Waals surface area contributed by atoms with E-state index in [1.807, 2.05) is 13.1 Å². The number of nitrogens with zero attached hydrogens (tertiary/aromatic N) is 1. The van der Waals surface area contributed by atoms with Crippen molar-refractivity contribution in [3.8, 4) is 0 Å². The lowest BCUT2D eigenvalue weighted by Gasteiger charge is -2.35. The number of ether oxygens (including phenoxy) is 2. The smallest absolute Gasteiger partial charge is 0.125 e. The van der Waals surface area contributed by atoms with Gasteiger partial charge in [-0.05, 0) is 12.8 Å². The van der Waals surface area contributed by atoms with Gasteiger partial charge < -0.3 is 9.47 Å². The van der Waals surface area contributed by atoms with Crippen molar-refractivity contribution < 1.29 is 9.47 Å². The summed E-state index contributed by atoms with van der Waals surface area (Å²) >= 11 is 1.79. The van der Waals surface area contributed by atoms with Gasteiger partial charge in [-0.3, -0.25) is 0 Å². The highest BCUT2D eigenvalue weighted by molar-refractivity contribution is 7.11. The summed E-state index contributed by atoms with van der Waals surface area (Å²) < 4.78 is 11.5. The molecule has 1 saturated heterocycles. The van der Waals surface area contributed by atoms with Crippen molar-refractivity contribution in [2.45, 2.75) is 45.1 Å². The van der Waals surface area contributed by atoms with Crippen molar-refractivity contribution in [1.82, 2.24) is 4.98 Å². The molecule has 0 saturated carbocycles. The molecule has 0 atom stereocenters. The van der Waals surface area contributed by atoms with Crippen LogP contribution >= 0.6 is 11.3 Å². The van der Waals surface area contributed by atoms with Gasteiger partial charge in [0.05, 0.1) is 0 Å². The maximum atomic E-state index is 6.02. The minimum atomic E-state index is -0.190. The minimum Gasteiger partial charge on any atom is -0.381 e. The van der Waals surface area contributed by atoms with Crippen LogP contribution in [0.2, 0.25) is 0 Å². The van der Waals surface area contributed by atoms with Crippen LogP contribution in [0.5, 0.6) is 0 Å². The van der Waals surface area contributed by atoms with E-state index in [9.17, 15) is 0 Å². The summed E-state index contributed by atoms with van der Waals surface area (Å²) in [5.74, 6) is 0.541. The van der Waals surface area contributed by atoms with Crippen LogP contribution in [-0.4, -0.2) is 24.8 Å². The molecule has 1 fully saturated rings. The Morgan fingerprint density at radius 1 is 1.47 bits per heavy atom. The van der Waals surface area contributed by atoms with Gasteiger partial charge in [0, 0.05) is 43.7 Å². The van der Waals surface area contributed by atoms with Crippen LogP contribution < -0.4 is 0 Å². The van der Waals surface area contributed by atoms with Crippen molar-refractivity contribution in [2.24, 2.45) is 0 Å². The largest absolute Gasteiger partial charge is 0.381 e. The second-order valence-corrected chi connectivity index (χ2v) is 5.82. The summed E-state index contributed by atoms with van der Waals surface area (Å²) in [7, 11) is 0. The van der Waals surface area contributed by atoms with Gasteiger partial charge in [0.2, 0.25) is 0 Å². The fourth-order valence-electron chi connectivity index (χ4n) is 2.16. The second kappa shape index (κ2) is 5.46. The number of hydrogen-bond donors (Lipinski definition) is 0. The Morgan fingerprint density at radius 2 is 2.18 bits per heavy atom. The highest BCUT2D eigenvalue weighted by Crippen LogP contribution is 2.39. The summed E-state index contributed by atoms with van der Waals surface area (Å²) in [6.07, 6.45) is 3.85. The Balaban J connectivity index is 2.24. The first kappa shape index (κ1) is 13.0. The van der Waals surface area contributed by atoms with Gasteiger partial charge in [0.1, 0.15) is 10.6 Å². The zero-order valence-electron chi connectivity index (χ0n) is 10.9. The summed E-state index contributed by atoms with van der Waals surface area (Å²) in [6, 6.07) is 0. The second-order valence-electron chi connectivity index (χ2n) is 4.76. The SMILES string of the molecule is CCOC1(c2ncc(C(C)C)s2)CCOCC1. The molecule has 4 heteroatoms. The highest BCUT2D eigenvalue weighted by atomic mass is 32.1. The number of rotatable bonds is 4. The molecule has 0 unspecified atom stereocenters. The molecule has 0 N–H and O–H groups in total. The summed E-state index contributed by atoms with van der Waals surface area (Å²) in [4.78, 5) is 5.93. The molecule has 0 spiro atoms. The Bertz CT molecular complexity index is 351. The van der Waals surface area contributed by atoms with Gasteiger partial charge in [0.15, 0.2) is 0 Å². The Morgan fingerprint density at radius 3 is 2.71 bits per heavy atom. The van der Waals surface area contributed by atoms with Crippen LogP contribution in [0.3, 0.4) is 0 Å². The molecule has 1 aromatic rings.